The molecule has 0 saturated heterocycles. The molecule has 5 nitrogen and oxygen atoms in total. The lowest BCUT2D eigenvalue weighted by atomic mass is 10.4. The van der Waals surface area contributed by atoms with E-state index in [1.807, 2.05) is 6.07 Å². The van der Waals surface area contributed by atoms with Crippen molar-refractivity contribution in [3.05, 3.63) is 42.7 Å². The molecule has 1 rings (SSSR count). The van der Waals surface area contributed by atoms with E-state index in [2.05, 4.69) is 10.8 Å². The molecule has 17 heavy (non-hydrogen) atoms. The molecule has 1 aromatic rings. The maximum absolute atomic E-state index is 11.4. The zero-order valence-corrected chi connectivity index (χ0v) is 10.3. The molecule has 0 N–H and O–H groups in total. The summed E-state index contributed by atoms with van der Waals surface area (Å²) in [5.74, 6) is -1.18. The van der Waals surface area contributed by atoms with Crippen LogP contribution < -0.4 is 4.57 Å². The van der Waals surface area contributed by atoms with Gasteiger partial charge in [-0.25, -0.2) is 9.36 Å². The highest BCUT2D eigenvalue weighted by Crippen LogP contribution is 1.99. The van der Waals surface area contributed by atoms with Crippen molar-refractivity contribution >= 4 is 16.1 Å². The van der Waals surface area contributed by atoms with Gasteiger partial charge in [-0.15, -0.1) is 0 Å². The third-order valence-electron chi connectivity index (χ3n) is 1.93. The van der Waals surface area contributed by atoms with Crippen molar-refractivity contribution in [1.82, 2.24) is 0 Å². The standard InChI is InChI=1S/C11H14NO4S/c1-10(2)11(13)16-17(14,15)9-8-12-6-4-3-5-7-12/h3-7H,1,8-9H2,2H3/q+1. The van der Waals surface area contributed by atoms with E-state index in [1.165, 1.54) is 6.92 Å². The van der Waals surface area contributed by atoms with Gasteiger partial charge in [0.05, 0.1) is 0 Å². The summed E-state index contributed by atoms with van der Waals surface area (Å²) in [6.45, 7) is 4.93. The Morgan fingerprint density at radius 1 is 1.29 bits per heavy atom. The highest BCUT2D eigenvalue weighted by Gasteiger charge is 2.19. The molecule has 0 amide bonds. The minimum Gasteiger partial charge on any atom is -0.341 e. The number of aromatic nitrogens is 1. The van der Waals surface area contributed by atoms with Crippen LogP contribution >= 0.6 is 0 Å². The monoisotopic (exact) mass is 256 g/mol. The van der Waals surface area contributed by atoms with E-state index in [1.54, 1.807) is 29.1 Å². The van der Waals surface area contributed by atoms with Gasteiger partial charge in [-0.3, -0.25) is 0 Å². The molecule has 0 aliphatic rings. The van der Waals surface area contributed by atoms with Gasteiger partial charge < -0.3 is 4.18 Å². The molecule has 0 unspecified atom stereocenters. The third-order valence-corrected chi connectivity index (χ3v) is 3.02. The Bertz CT molecular complexity index is 508. The van der Waals surface area contributed by atoms with Gasteiger partial charge in [0.25, 0.3) is 0 Å². The zero-order valence-electron chi connectivity index (χ0n) is 9.50. The number of hydrogen-bond donors (Lipinski definition) is 0. The topological polar surface area (TPSA) is 64.3 Å². The van der Waals surface area contributed by atoms with Crippen LogP contribution in [0.1, 0.15) is 6.92 Å². The number of aryl methyl sites for hydroxylation is 1. The van der Waals surface area contributed by atoms with Crippen molar-refractivity contribution in [2.75, 3.05) is 5.75 Å². The lowest BCUT2D eigenvalue weighted by Crippen LogP contribution is -2.36. The summed E-state index contributed by atoms with van der Waals surface area (Å²) in [5, 5.41) is 0. The first-order valence-corrected chi connectivity index (χ1v) is 6.54. The minimum atomic E-state index is -3.86. The Morgan fingerprint density at radius 2 is 1.88 bits per heavy atom. The molecule has 92 valence electrons. The Balaban J connectivity index is 2.57. The van der Waals surface area contributed by atoms with E-state index in [0.29, 0.717) is 0 Å². The molecule has 1 aromatic heterocycles. The average molecular weight is 256 g/mol. The Kier molecular flexibility index (Phi) is 4.39. The van der Waals surface area contributed by atoms with E-state index >= 15 is 0 Å². The summed E-state index contributed by atoms with van der Waals surface area (Å²) in [6, 6.07) is 5.39. The van der Waals surface area contributed by atoms with Crippen LogP contribution in [0.25, 0.3) is 0 Å². The molecule has 1 heterocycles. The van der Waals surface area contributed by atoms with Crippen LogP contribution in [0.3, 0.4) is 0 Å². The van der Waals surface area contributed by atoms with Gasteiger partial charge in [-0.05, 0) is 6.92 Å². The molecule has 0 aliphatic heterocycles. The fraction of sp³-hybridized carbons (Fsp3) is 0.273. The number of carbonyl (C=O) groups is 1. The minimum absolute atomic E-state index is 0.0564. The Labute approximate surface area is 100 Å². The first kappa shape index (κ1) is 13.4. The molecule has 0 radical (unpaired) electrons. The molecule has 0 saturated carbocycles. The van der Waals surface area contributed by atoms with Crippen molar-refractivity contribution in [2.24, 2.45) is 0 Å². The zero-order chi connectivity index (χ0) is 12.9. The number of hydrogen-bond acceptors (Lipinski definition) is 4. The molecular weight excluding hydrogens is 242 g/mol. The van der Waals surface area contributed by atoms with Gasteiger partial charge in [-0.1, -0.05) is 12.6 Å². The van der Waals surface area contributed by atoms with Crippen molar-refractivity contribution in [2.45, 2.75) is 13.5 Å². The van der Waals surface area contributed by atoms with Gasteiger partial charge in [0, 0.05) is 17.7 Å². The lowest BCUT2D eigenvalue weighted by molar-refractivity contribution is -0.692. The second kappa shape index (κ2) is 5.58. The van der Waals surface area contributed by atoms with E-state index in [4.69, 9.17) is 0 Å². The number of rotatable bonds is 5. The van der Waals surface area contributed by atoms with Gasteiger partial charge in [0.2, 0.25) is 0 Å². The fourth-order valence-electron chi connectivity index (χ4n) is 1.03. The van der Waals surface area contributed by atoms with Crippen LogP contribution in [0.4, 0.5) is 0 Å². The quantitative estimate of drug-likeness (QED) is 0.435. The molecule has 0 fully saturated rings. The predicted molar refractivity (Wildman–Crippen MR) is 61.3 cm³/mol. The van der Waals surface area contributed by atoms with Crippen molar-refractivity contribution in [3.63, 3.8) is 0 Å². The molecule has 0 atom stereocenters. The van der Waals surface area contributed by atoms with Crippen LogP contribution in [-0.2, 0) is 25.6 Å². The summed E-state index contributed by atoms with van der Waals surface area (Å²) < 4.78 is 28.9. The summed E-state index contributed by atoms with van der Waals surface area (Å²) in [7, 11) is -3.86. The van der Waals surface area contributed by atoms with Crippen LogP contribution in [0, 0.1) is 0 Å². The number of pyridine rings is 1. The lowest BCUT2D eigenvalue weighted by Gasteiger charge is -2.03. The van der Waals surface area contributed by atoms with E-state index in [9.17, 15) is 13.2 Å². The third kappa shape index (κ3) is 4.78. The Morgan fingerprint density at radius 3 is 2.41 bits per heavy atom. The maximum Gasteiger partial charge on any atom is 0.348 e. The second-order valence-electron chi connectivity index (χ2n) is 3.53. The van der Waals surface area contributed by atoms with Gasteiger partial charge in [0.1, 0.15) is 5.75 Å². The molecule has 0 bridgehead atoms. The maximum atomic E-state index is 11.4. The highest BCUT2D eigenvalue weighted by molar-refractivity contribution is 7.87. The van der Waals surface area contributed by atoms with E-state index < -0.39 is 16.1 Å². The first-order valence-electron chi connectivity index (χ1n) is 4.97. The van der Waals surface area contributed by atoms with Crippen molar-refractivity contribution < 1.29 is 22.0 Å². The number of nitrogens with zero attached hydrogens (tertiary/aromatic N) is 1. The SMILES string of the molecule is C=C(C)C(=O)OS(=O)(=O)CC[n+]1ccccc1. The summed E-state index contributed by atoms with van der Waals surface area (Å²) in [6.07, 6.45) is 3.46. The summed E-state index contributed by atoms with van der Waals surface area (Å²) in [5.41, 5.74) is 0.0564. The molecular formula is C11H14NO4S+. The highest BCUT2D eigenvalue weighted by atomic mass is 32.2. The largest absolute Gasteiger partial charge is 0.348 e. The summed E-state index contributed by atoms with van der Waals surface area (Å²) in [4.78, 5) is 11.1. The second-order valence-corrected chi connectivity index (χ2v) is 5.22. The molecule has 6 heteroatoms. The van der Waals surface area contributed by atoms with Crippen LogP contribution in [0.5, 0.6) is 0 Å². The van der Waals surface area contributed by atoms with Gasteiger partial charge in [-0.2, -0.15) is 8.42 Å². The van der Waals surface area contributed by atoms with E-state index in [0.717, 1.165) is 0 Å². The normalized spacial score (nSPS) is 10.9. The van der Waals surface area contributed by atoms with Crippen molar-refractivity contribution in [1.29, 1.82) is 0 Å². The smallest absolute Gasteiger partial charge is 0.341 e. The van der Waals surface area contributed by atoms with Crippen LogP contribution in [0.15, 0.2) is 42.7 Å². The first-order chi connectivity index (χ1) is 7.91. The average Bonchev–Trinajstić information content (AvgIpc) is 2.27. The van der Waals surface area contributed by atoms with Gasteiger partial charge >= 0.3 is 16.1 Å². The van der Waals surface area contributed by atoms with E-state index in [-0.39, 0.29) is 17.9 Å². The van der Waals surface area contributed by atoms with Gasteiger partial charge in [0.15, 0.2) is 18.9 Å². The Hall–Kier alpha value is -1.69. The number of carbonyl (C=O) groups excluding carboxylic acids is 1. The van der Waals surface area contributed by atoms with Crippen LogP contribution in [0.2, 0.25) is 0 Å². The molecule has 0 aromatic carbocycles. The predicted octanol–water partition coefficient (Wildman–Crippen LogP) is 0.423. The van der Waals surface area contributed by atoms with Crippen LogP contribution in [-0.4, -0.2) is 20.1 Å². The van der Waals surface area contributed by atoms with Crippen molar-refractivity contribution in [3.8, 4) is 0 Å². The fourth-order valence-corrected chi connectivity index (χ4v) is 1.92. The molecule has 0 spiro atoms. The molecule has 0 aliphatic carbocycles. The summed E-state index contributed by atoms with van der Waals surface area (Å²) >= 11 is 0.